The van der Waals surface area contributed by atoms with Gasteiger partial charge in [0.1, 0.15) is 12.4 Å². The number of ether oxygens (including phenoxy) is 1. The van der Waals surface area contributed by atoms with Crippen LogP contribution in [-0.2, 0) is 25.8 Å². The topological polar surface area (TPSA) is 39.9 Å². The Hall–Kier alpha value is -0.474. The smallest absolute Gasteiger partial charge is 0.740 e. The van der Waals surface area contributed by atoms with E-state index in [0.29, 0.717) is 29.2 Å². The van der Waals surface area contributed by atoms with E-state index in [1.54, 1.807) is 12.1 Å². The van der Waals surface area contributed by atoms with Gasteiger partial charge in [-0.25, -0.2) is 0 Å². The number of nitrogens with zero attached hydrogens (tertiary/aromatic N) is 3. The Morgan fingerprint density at radius 2 is 1.70 bits per heavy atom. The molecule has 0 radical (unpaired) electrons. The molecule has 0 fully saturated rings. The van der Waals surface area contributed by atoms with E-state index in [1.165, 1.54) is 0 Å². The molecule has 0 spiro atoms. The summed E-state index contributed by atoms with van der Waals surface area (Å²) in [5.74, 6) is 1.42. The van der Waals surface area contributed by atoms with E-state index < -0.39 is 0 Å². The standard InChI is InChI=1S/C16H14ClN3OS.K/c17-13-6-8-14(9-7-13)21-11-15-18-19-16(22)20(15)10-12-4-2-1-3-5-12;/h1-9H,10-11H2,(H,19,22);/q;+1/p-1. The second-order valence-corrected chi connectivity index (χ2v) is 5.51. The molecule has 2 aromatic carbocycles. The fraction of sp³-hybridized carbons (Fsp3) is 0.125. The molecule has 0 atom stereocenters. The van der Waals surface area contributed by atoms with Gasteiger partial charge in [-0.1, -0.05) is 41.9 Å². The molecule has 0 unspecified atom stereocenters. The quantitative estimate of drug-likeness (QED) is 0.484. The van der Waals surface area contributed by atoms with Crippen LogP contribution in [0.3, 0.4) is 0 Å². The van der Waals surface area contributed by atoms with Crippen molar-refractivity contribution >= 4 is 24.2 Å². The normalized spacial score (nSPS) is 10.1. The number of benzene rings is 2. The maximum absolute atomic E-state index is 5.85. The third kappa shape index (κ3) is 5.25. The molecule has 0 N–H and O–H groups in total. The Bertz CT molecular complexity index is 750. The molecule has 0 aliphatic carbocycles. The number of halogens is 1. The SMILES string of the molecule is [K+].[S-]c1nnc(COc2ccc(Cl)cc2)n1Cc1ccccc1. The van der Waals surface area contributed by atoms with Gasteiger partial charge in [-0.2, -0.15) is 5.10 Å². The van der Waals surface area contributed by atoms with Crippen molar-refractivity contribution in [2.24, 2.45) is 0 Å². The summed E-state index contributed by atoms with van der Waals surface area (Å²) >= 11 is 11.1. The molecule has 0 saturated heterocycles. The summed E-state index contributed by atoms with van der Waals surface area (Å²) in [6.07, 6.45) is 0. The number of rotatable bonds is 5. The zero-order valence-corrected chi connectivity index (χ0v) is 17.3. The molecular weight excluding hydrogens is 357 g/mol. The molecule has 0 aliphatic heterocycles. The average molecular weight is 370 g/mol. The van der Waals surface area contributed by atoms with Gasteiger partial charge >= 0.3 is 51.4 Å². The van der Waals surface area contributed by atoms with E-state index in [2.05, 4.69) is 10.2 Å². The molecular formula is C16H13ClKN3OS. The van der Waals surface area contributed by atoms with Crippen LogP contribution < -0.4 is 56.1 Å². The van der Waals surface area contributed by atoms with E-state index in [9.17, 15) is 0 Å². The summed E-state index contributed by atoms with van der Waals surface area (Å²) in [6.45, 7) is 0.935. The fourth-order valence-electron chi connectivity index (χ4n) is 2.03. The van der Waals surface area contributed by atoms with Gasteiger partial charge < -0.3 is 21.9 Å². The van der Waals surface area contributed by atoms with Crippen molar-refractivity contribution < 1.29 is 56.1 Å². The summed E-state index contributed by atoms with van der Waals surface area (Å²) in [5.41, 5.74) is 1.14. The molecule has 1 heterocycles. The molecule has 1 aromatic heterocycles. The van der Waals surface area contributed by atoms with Crippen molar-refractivity contribution in [3.05, 3.63) is 71.0 Å². The summed E-state index contributed by atoms with van der Waals surface area (Å²) in [5, 5.41) is 9.20. The fourth-order valence-corrected chi connectivity index (χ4v) is 2.37. The van der Waals surface area contributed by atoms with Crippen LogP contribution in [0, 0.1) is 0 Å². The predicted octanol–water partition coefficient (Wildman–Crippen LogP) is 0.469. The largest absolute Gasteiger partial charge is 1.00 e. The Balaban J connectivity index is 0.00000192. The van der Waals surface area contributed by atoms with Gasteiger partial charge in [0.05, 0.1) is 0 Å². The minimum absolute atomic E-state index is 0. The second-order valence-electron chi connectivity index (χ2n) is 4.71. The van der Waals surface area contributed by atoms with E-state index >= 15 is 0 Å². The Morgan fingerprint density at radius 1 is 1.00 bits per heavy atom. The minimum Gasteiger partial charge on any atom is -0.740 e. The first-order valence-electron chi connectivity index (χ1n) is 6.74. The molecule has 0 bridgehead atoms. The van der Waals surface area contributed by atoms with Gasteiger partial charge in [-0.05, 0) is 29.8 Å². The van der Waals surface area contributed by atoms with Gasteiger partial charge in [0.15, 0.2) is 5.82 Å². The van der Waals surface area contributed by atoms with E-state index in [0.717, 1.165) is 11.3 Å². The molecule has 0 aliphatic rings. The first kappa shape index (κ1) is 18.9. The zero-order chi connectivity index (χ0) is 15.4. The van der Waals surface area contributed by atoms with Crippen molar-refractivity contribution in [3.8, 4) is 5.75 Å². The Kier molecular flexibility index (Phi) is 7.48. The summed E-state index contributed by atoms with van der Waals surface area (Å²) in [7, 11) is 0. The first-order valence-corrected chi connectivity index (χ1v) is 7.52. The summed E-state index contributed by atoms with van der Waals surface area (Å²) in [6, 6.07) is 17.2. The maximum atomic E-state index is 5.85. The second kappa shape index (κ2) is 9.13. The number of hydrogen-bond acceptors (Lipinski definition) is 4. The Labute approximate surface area is 188 Å². The van der Waals surface area contributed by atoms with E-state index in [4.69, 9.17) is 29.0 Å². The van der Waals surface area contributed by atoms with E-state index in [1.807, 2.05) is 47.0 Å². The average Bonchev–Trinajstić information content (AvgIpc) is 2.88. The first-order chi connectivity index (χ1) is 10.7. The molecule has 3 aromatic rings. The molecule has 3 rings (SSSR count). The summed E-state index contributed by atoms with van der Waals surface area (Å²) < 4.78 is 7.59. The number of aromatic nitrogens is 3. The van der Waals surface area contributed by atoms with Gasteiger partial charge in [0, 0.05) is 16.7 Å². The minimum atomic E-state index is 0. The molecule has 0 saturated carbocycles. The van der Waals surface area contributed by atoms with Gasteiger partial charge in [0.25, 0.3) is 0 Å². The van der Waals surface area contributed by atoms with Crippen LogP contribution >= 0.6 is 11.6 Å². The van der Waals surface area contributed by atoms with Crippen LogP contribution in [0.2, 0.25) is 5.02 Å². The number of hydrogen-bond donors (Lipinski definition) is 0. The molecule has 0 amide bonds. The van der Waals surface area contributed by atoms with Crippen molar-refractivity contribution in [2.45, 2.75) is 18.3 Å². The van der Waals surface area contributed by atoms with Crippen molar-refractivity contribution in [1.82, 2.24) is 14.8 Å². The Morgan fingerprint density at radius 3 is 2.39 bits per heavy atom. The van der Waals surface area contributed by atoms with Crippen LogP contribution in [0.5, 0.6) is 5.75 Å². The van der Waals surface area contributed by atoms with Crippen LogP contribution in [0.15, 0.2) is 59.8 Å². The molecule has 23 heavy (non-hydrogen) atoms. The molecule has 112 valence electrons. The predicted molar refractivity (Wildman–Crippen MR) is 87.0 cm³/mol. The zero-order valence-electron chi connectivity index (χ0n) is 12.6. The van der Waals surface area contributed by atoms with Crippen molar-refractivity contribution in [1.29, 1.82) is 0 Å². The van der Waals surface area contributed by atoms with Crippen LogP contribution in [0.4, 0.5) is 0 Å². The van der Waals surface area contributed by atoms with Gasteiger partial charge in [-0.3, -0.25) is 0 Å². The third-order valence-corrected chi connectivity index (χ3v) is 3.71. The van der Waals surface area contributed by atoms with Gasteiger partial charge in [-0.15, -0.1) is 5.10 Å². The molecule has 7 heteroatoms. The molecule has 4 nitrogen and oxygen atoms in total. The third-order valence-electron chi connectivity index (χ3n) is 3.16. The van der Waals surface area contributed by atoms with E-state index in [-0.39, 0.29) is 51.4 Å². The van der Waals surface area contributed by atoms with Crippen LogP contribution in [0.25, 0.3) is 0 Å². The monoisotopic (exact) mass is 369 g/mol. The van der Waals surface area contributed by atoms with Crippen molar-refractivity contribution in [3.63, 3.8) is 0 Å². The maximum Gasteiger partial charge on any atom is 1.00 e. The van der Waals surface area contributed by atoms with Crippen molar-refractivity contribution in [2.75, 3.05) is 0 Å². The van der Waals surface area contributed by atoms with Crippen LogP contribution in [0.1, 0.15) is 11.4 Å². The van der Waals surface area contributed by atoms with Crippen LogP contribution in [-0.4, -0.2) is 14.8 Å². The summed E-state index contributed by atoms with van der Waals surface area (Å²) in [4.78, 5) is 0. The van der Waals surface area contributed by atoms with Gasteiger partial charge in [0.2, 0.25) is 0 Å².